The second-order valence-corrected chi connectivity index (χ2v) is 7.38. The summed E-state index contributed by atoms with van der Waals surface area (Å²) in [7, 11) is 1.76. The molecule has 2 aliphatic rings. The molecule has 0 radical (unpaired) electrons. The van der Waals surface area contributed by atoms with E-state index in [0.29, 0.717) is 32.0 Å². The first kappa shape index (κ1) is 18.3. The molecule has 0 saturated carbocycles. The molecule has 1 fully saturated rings. The monoisotopic (exact) mass is 380 g/mol. The minimum absolute atomic E-state index is 0.0219. The van der Waals surface area contributed by atoms with Crippen molar-refractivity contribution in [2.75, 3.05) is 26.7 Å². The van der Waals surface area contributed by atoms with Gasteiger partial charge in [0.05, 0.1) is 12.5 Å². The Kier molecular flexibility index (Phi) is 5.19. The van der Waals surface area contributed by atoms with E-state index in [9.17, 15) is 9.59 Å². The summed E-state index contributed by atoms with van der Waals surface area (Å²) in [5, 5.41) is 0. The number of amides is 2. The van der Waals surface area contributed by atoms with Crippen LogP contribution in [-0.4, -0.2) is 54.5 Å². The molecule has 2 unspecified atom stereocenters. The molecule has 2 aromatic carbocycles. The topological polar surface area (TPSA) is 59.1 Å². The van der Waals surface area contributed by atoms with Gasteiger partial charge in [-0.05, 0) is 17.7 Å². The van der Waals surface area contributed by atoms with Gasteiger partial charge in [0.15, 0.2) is 17.6 Å². The van der Waals surface area contributed by atoms with Crippen LogP contribution in [0.5, 0.6) is 11.5 Å². The number of rotatable bonds is 5. The smallest absolute Gasteiger partial charge is 0.227 e. The second-order valence-electron chi connectivity index (χ2n) is 7.38. The number of carbonyl (C=O) groups is 2. The average molecular weight is 380 g/mol. The molecule has 0 bridgehead atoms. The van der Waals surface area contributed by atoms with Crippen LogP contribution in [0.1, 0.15) is 12.0 Å². The summed E-state index contributed by atoms with van der Waals surface area (Å²) in [6.07, 6.45) is 0.0438. The summed E-state index contributed by atoms with van der Waals surface area (Å²) in [5.74, 6) is 1.13. The van der Waals surface area contributed by atoms with Crippen LogP contribution in [0.4, 0.5) is 0 Å². The van der Waals surface area contributed by atoms with E-state index in [1.807, 2.05) is 54.6 Å². The number of fused-ring (bicyclic) bond motifs is 1. The van der Waals surface area contributed by atoms with E-state index in [2.05, 4.69) is 0 Å². The van der Waals surface area contributed by atoms with Crippen molar-refractivity contribution in [2.24, 2.45) is 5.92 Å². The van der Waals surface area contributed by atoms with E-state index in [4.69, 9.17) is 9.47 Å². The molecule has 1 saturated heterocycles. The summed E-state index contributed by atoms with van der Waals surface area (Å²) >= 11 is 0. The fourth-order valence-electron chi connectivity index (χ4n) is 3.75. The van der Waals surface area contributed by atoms with Gasteiger partial charge in [0.2, 0.25) is 11.8 Å². The van der Waals surface area contributed by atoms with Crippen LogP contribution >= 0.6 is 0 Å². The van der Waals surface area contributed by atoms with Gasteiger partial charge >= 0.3 is 0 Å². The van der Waals surface area contributed by atoms with Crippen molar-refractivity contribution in [1.82, 2.24) is 9.80 Å². The highest BCUT2D eigenvalue weighted by Gasteiger charge is 2.36. The molecule has 0 N–H and O–H groups in total. The van der Waals surface area contributed by atoms with E-state index >= 15 is 0 Å². The fraction of sp³-hybridized carbons (Fsp3) is 0.364. The Labute approximate surface area is 164 Å². The normalized spacial score (nSPS) is 20.9. The van der Waals surface area contributed by atoms with E-state index in [0.717, 1.165) is 11.3 Å². The standard InChI is InChI=1S/C22H24N2O4/c1-23(14-18-15-27-19-9-5-6-10-20(19)28-18)22(26)17-11-21(25)24(13-17)12-16-7-3-2-4-8-16/h2-10,17-18H,11-15H2,1H3. The average Bonchev–Trinajstić information content (AvgIpc) is 3.08. The number of para-hydroxylation sites is 2. The van der Waals surface area contributed by atoms with Gasteiger partial charge in [0.25, 0.3) is 0 Å². The molecule has 6 heteroatoms. The maximum absolute atomic E-state index is 12.9. The summed E-state index contributed by atoms with van der Waals surface area (Å²) in [5.41, 5.74) is 1.07. The lowest BCUT2D eigenvalue weighted by atomic mass is 10.1. The molecule has 2 aromatic rings. The number of hydrogen-bond donors (Lipinski definition) is 0. The number of hydrogen-bond acceptors (Lipinski definition) is 4. The van der Waals surface area contributed by atoms with Gasteiger partial charge in [0, 0.05) is 26.6 Å². The lowest BCUT2D eigenvalue weighted by Crippen LogP contribution is -2.44. The third-order valence-corrected chi connectivity index (χ3v) is 5.20. The van der Waals surface area contributed by atoms with E-state index < -0.39 is 0 Å². The van der Waals surface area contributed by atoms with Gasteiger partial charge in [-0.2, -0.15) is 0 Å². The molecular weight excluding hydrogens is 356 g/mol. The Morgan fingerprint density at radius 2 is 1.82 bits per heavy atom. The van der Waals surface area contributed by atoms with Crippen molar-refractivity contribution in [3.63, 3.8) is 0 Å². The SMILES string of the molecule is CN(CC1COc2ccccc2O1)C(=O)C1CC(=O)N(Cc2ccccc2)C1. The predicted octanol–water partition coefficient (Wildman–Crippen LogP) is 2.33. The Bertz CT molecular complexity index is 855. The first-order valence-corrected chi connectivity index (χ1v) is 9.55. The maximum Gasteiger partial charge on any atom is 0.227 e. The van der Waals surface area contributed by atoms with Crippen LogP contribution in [-0.2, 0) is 16.1 Å². The summed E-state index contributed by atoms with van der Waals surface area (Å²) < 4.78 is 11.7. The van der Waals surface area contributed by atoms with Crippen molar-refractivity contribution in [2.45, 2.75) is 19.1 Å². The van der Waals surface area contributed by atoms with Crippen LogP contribution in [0, 0.1) is 5.92 Å². The largest absolute Gasteiger partial charge is 0.486 e. The number of likely N-dealkylation sites (N-methyl/N-ethyl adjacent to an activating group) is 1. The zero-order chi connectivity index (χ0) is 19.5. The van der Waals surface area contributed by atoms with E-state index in [-0.39, 0.29) is 30.3 Å². The molecule has 2 aliphatic heterocycles. The van der Waals surface area contributed by atoms with Crippen LogP contribution in [0.3, 0.4) is 0 Å². The molecule has 28 heavy (non-hydrogen) atoms. The lowest BCUT2D eigenvalue weighted by molar-refractivity contribution is -0.135. The number of benzene rings is 2. The predicted molar refractivity (Wildman–Crippen MR) is 104 cm³/mol. The number of likely N-dealkylation sites (tertiary alicyclic amines) is 1. The van der Waals surface area contributed by atoms with Crippen molar-refractivity contribution < 1.29 is 19.1 Å². The summed E-state index contributed by atoms with van der Waals surface area (Å²) in [4.78, 5) is 28.6. The molecular formula is C22H24N2O4. The molecule has 2 amide bonds. The second kappa shape index (κ2) is 7.92. The van der Waals surface area contributed by atoms with Gasteiger partial charge in [-0.25, -0.2) is 0 Å². The van der Waals surface area contributed by atoms with Crippen LogP contribution in [0.15, 0.2) is 54.6 Å². The molecule has 0 spiro atoms. The number of carbonyl (C=O) groups excluding carboxylic acids is 2. The minimum Gasteiger partial charge on any atom is -0.486 e. The van der Waals surface area contributed by atoms with Crippen LogP contribution < -0.4 is 9.47 Å². The van der Waals surface area contributed by atoms with E-state index in [1.54, 1.807) is 16.8 Å². The maximum atomic E-state index is 12.9. The van der Waals surface area contributed by atoms with Crippen molar-refractivity contribution in [3.05, 3.63) is 60.2 Å². The van der Waals surface area contributed by atoms with Gasteiger partial charge in [0.1, 0.15) is 6.61 Å². The third kappa shape index (κ3) is 3.96. The fourth-order valence-corrected chi connectivity index (χ4v) is 3.75. The van der Waals surface area contributed by atoms with Crippen molar-refractivity contribution >= 4 is 11.8 Å². The third-order valence-electron chi connectivity index (χ3n) is 5.20. The molecule has 6 nitrogen and oxygen atoms in total. The molecule has 2 atom stereocenters. The van der Waals surface area contributed by atoms with Crippen molar-refractivity contribution in [3.8, 4) is 11.5 Å². The Hall–Kier alpha value is -3.02. The van der Waals surface area contributed by atoms with Gasteiger partial charge in [-0.15, -0.1) is 0 Å². The lowest BCUT2D eigenvalue weighted by Gasteiger charge is -2.30. The van der Waals surface area contributed by atoms with Crippen molar-refractivity contribution in [1.29, 1.82) is 0 Å². The summed E-state index contributed by atoms with van der Waals surface area (Å²) in [6, 6.07) is 17.4. The van der Waals surface area contributed by atoms with Gasteiger partial charge in [-0.1, -0.05) is 42.5 Å². The van der Waals surface area contributed by atoms with Crippen LogP contribution in [0.25, 0.3) is 0 Å². The highest BCUT2D eigenvalue weighted by Crippen LogP contribution is 2.31. The molecule has 146 valence electrons. The number of nitrogens with zero attached hydrogens (tertiary/aromatic N) is 2. The zero-order valence-corrected chi connectivity index (χ0v) is 15.9. The van der Waals surface area contributed by atoms with Crippen LogP contribution in [0.2, 0.25) is 0 Å². The number of ether oxygens (including phenoxy) is 2. The molecule has 0 aliphatic carbocycles. The Morgan fingerprint density at radius 3 is 2.61 bits per heavy atom. The first-order valence-electron chi connectivity index (χ1n) is 9.55. The molecule has 0 aromatic heterocycles. The quantitative estimate of drug-likeness (QED) is 0.799. The summed E-state index contributed by atoms with van der Waals surface area (Å²) in [6.45, 7) is 1.83. The Morgan fingerprint density at radius 1 is 1.11 bits per heavy atom. The Balaban J connectivity index is 1.32. The van der Waals surface area contributed by atoms with Gasteiger partial charge in [-0.3, -0.25) is 9.59 Å². The highest BCUT2D eigenvalue weighted by atomic mass is 16.6. The minimum atomic E-state index is -0.307. The first-order chi connectivity index (χ1) is 13.6. The molecule has 4 rings (SSSR count). The zero-order valence-electron chi connectivity index (χ0n) is 15.9. The highest BCUT2D eigenvalue weighted by molar-refractivity contribution is 5.89. The molecule has 2 heterocycles. The van der Waals surface area contributed by atoms with Gasteiger partial charge < -0.3 is 19.3 Å². The van der Waals surface area contributed by atoms with E-state index in [1.165, 1.54) is 0 Å².